The van der Waals surface area contributed by atoms with Crippen molar-refractivity contribution in [1.82, 2.24) is 10.2 Å². The Morgan fingerprint density at radius 1 is 1.40 bits per heavy atom. The average molecular weight is 275 g/mol. The maximum atomic E-state index is 12.5. The van der Waals surface area contributed by atoms with Gasteiger partial charge in [-0.1, -0.05) is 18.2 Å². The van der Waals surface area contributed by atoms with Gasteiger partial charge in [0.25, 0.3) is 0 Å². The Bertz CT molecular complexity index is 444. The van der Waals surface area contributed by atoms with E-state index in [4.69, 9.17) is 0 Å². The lowest BCUT2D eigenvalue weighted by Gasteiger charge is -2.38. The van der Waals surface area contributed by atoms with Gasteiger partial charge in [-0.15, -0.1) is 0 Å². The van der Waals surface area contributed by atoms with Gasteiger partial charge in [-0.2, -0.15) is 0 Å². The van der Waals surface area contributed by atoms with E-state index in [0.29, 0.717) is 6.04 Å². The standard InChI is InChI=1S/C16H25N3O/c1-13-11-17-9-10-19(13)12-16(2,3)15(20)18-14-7-5-4-6-8-14/h4-8,13,17H,9-12H2,1-3H3,(H,18,20)/t13-/m0/s1. The third-order valence-corrected chi connectivity index (χ3v) is 3.88. The topological polar surface area (TPSA) is 44.4 Å². The molecule has 1 aliphatic rings. The molecule has 1 atom stereocenters. The van der Waals surface area contributed by atoms with E-state index in [2.05, 4.69) is 22.5 Å². The SMILES string of the molecule is C[C@H]1CNCCN1CC(C)(C)C(=O)Nc1ccccc1. The zero-order chi connectivity index (χ0) is 14.6. The largest absolute Gasteiger partial charge is 0.326 e. The van der Waals surface area contributed by atoms with Crippen molar-refractivity contribution in [2.75, 3.05) is 31.5 Å². The summed E-state index contributed by atoms with van der Waals surface area (Å²) in [6.07, 6.45) is 0. The van der Waals surface area contributed by atoms with Crippen LogP contribution in [0.3, 0.4) is 0 Å². The lowest BCUT2D eigenvalue weighted by atomic mass is 9.90. The summed E-state index contributed by atoms with van der Waals surface area (Å²) in [6.45, 7) is 10.0. The summed E-state index contributed by atoms with van der Waals surface area (Å²) in [5.41, 5.74) is 0.459. The number of carbonyl (C=O) groups is 1. The summed E-state index contributed by atoms with van der Waals surface area (Å²) >= 11 is 0. The zero-order valence-corrected chi connectivity index (χ0v) is 12.6. The van der Waals surface area contributed by atoms with Crippen molar-refractivity contribution in [2.24, 2.45) is 5.41 Å². The Kier molecular flexibility index (Phi) is 4.78. The van der Waals surface area contributed by atoms with Crippen molar-refractivity contribution < 1.29 is 4.79 Å². The molecule has 1 amide bonds. The van der Waals surface area contributed by atoms with E-state index in [-0.39, 0.29) is 5.91 Å². The second kappa shape index (κ2) is 6.37. The molecule has 110 valence electrons. The molecule has 4 heteroatoms. The molecule has 1 aliphatic heterocycles. The van der Waals surface area contributed by atoms with Crippen molar-refractivity contribution in [1.29, 1.82) is 0 Å². The Morgan fingerprint density at radius 2 is 2.10 bits per heavy atom. The van der Waals surface area contributed by atoms with Crippen LogP contribution in [0.4, 0.5) is 5.69 Å². The Balaban J connectivity index is 1.96. The number of benzene rings is 1. The number of hydrogen-bond donors (Lipinski definition) is 2. The molecule has 1 saturated heterocycles. The molecule has 2 N–H and O–H groups in total. The van der Waals surface area contributed by atoms with Crippen LogP contribution in [0.1, 0.15) is 20.8 Å². The van der Waals surface area contributed by atoms with E-state index < -0.39 is 5.41 Å². The maximum Gasteiger partial charge on any atom is 0.231 e. The van der Waals surface area contributed by atoms with Crippen LogP contribution in [-0.4, -0.2) is 43.0 Å². The van der Waals surface area contributed by atoms with Gasteiger partial charge >= 0.3 is 0 Å². The molecule has 20 heavy (non-hydrogen) atoms. The molecule has 1 heterocycles. The fourth-order valence-electron chi connectivity index (χ4n) is 2.52. The van der Waals surface area contributed by atoms with Crippen LogP contribution >= 0.6 is 0 Å². The predicted octanol–water partition coefficient (Wildman–Crippen LogP) is 1.94. The molecule has 2 rings (SSSR count). The predicted molar refractivity (Wildman–Crippen MR) is 82.8 cm³/mol. The summed E-state index contributed by atoms with van der Waals surface area (Å²) in [7, 11) is 0. The Morgan fingerprint density at radius 3 is 2.75 bits per heavy atom. The number of para-hydroxylation sites is 1. The quantitative estimate of drug-likeness (QED) is 0.882. The second-order valence-electron chi connectivity index (χ2n) is 6.23. The Hall–Kier alpha value is -1.39. The second-order valence-corrected chi connectivity index (χ2v) is 6.23. The van der Waals surface area contributed by atoms with Gasteiger partial charge in [0.05, 0.1) is 5.41 Å². The van der Waals surface area contributed by atoms with Crippen LogP contribution in [0.15, 0.2) is 30.3 Å². The van der Waals surface area contributed by atoms with E-state index in [1.54, 1.807) is 0 Å². The summed E-state index contributed by atoms with van der Waals surface area (Å²) in [4.78, 5) is 14.9. The van der Waals surface area contributed by atoms with Crippen LogP contribution in [0.25, 0.3) is 0 Å². The van der Waals surface area contributed by atoms with E-state index >= 15 is 0 Å². The van der Waals surface area contributed by atoms with Crippen molar-refractivity contribution in [3.8, 4) is 0 Å². The number of nitrogens with one attached hydrogen (secondary N) is 2. The summed E-state index contributed by atoms with van der Waals surface area (Å²) in [5.74, 6) is 0.0782. The van der Waals surface area contributed by atoms with Crippen molar-refractivity contribution in [3.05, 3.63) is 30.3 Å². The normalized spacial score (nSPS) is 20.6. The number of anilines is 1. The van der Waals surface area contributed by atoms with Gasteiger partial charge in [-0.05, 0) is 32.9 Å². The molecule has 1 aromatic carbocycles. The van der Waals surface area contributed by atoms with Gasteiger partial charge in [0.1, 0.15) is 0 Å². The third-order valence-electron chi connectivity index (χ3n) is 3.88. The fourth-order valence-corrected chi connectivity index (χ4v) is 2.52. The fraction of sp³-hybridized carbons (Fsp3) is 0.562. The minimum atomic E-state index is -0.401. The van der Waals surface area contributed by atoms with E-state index in [1.165, 1.54) is 0 Å². The highest BCUT2D eigenvalue weighted by molar-refractivity contribution is 5.94. The van der Waals surface area contributed by atoms with Crippen LogP contribution in [0, 0.1) is 5.41 Å². The number of amides is 1. The van der Waals surface area contributed by atoms with E-state index in [9.17, 15) is 4.79 Å². The summed E-state index contributed by atoms with van der Waals surface area (Å²) < 4.78 is 0. The number of carbonyl (C=O) groups excluding carboxylic acids is 1. The molecular formula is C16H25N3O. The minimum Gasteiger partial charge on any atom is -0.326 e. The lowest BCUT2D eigenvalue weighted by molar-refractivity contribution is -0.125. The number of piperazine rings is 1. The van der Waals surface area contributed by atoms with Gasteiger partial charge in [0.2, 0.25) is 5.91 Å². The number of hydrogen-bond acceptors (Lipinski definition) is 3. The van der Waals surface area contributed by atoms with Gasteiger partial charge in [-0.25, -0.2) is 0 Å². The molecule has 0 unspecified atom stereocenters. The minimum absolute atomic E-state index is 0.0782. The molecule has 0 radical (unpaired) electrons. The van der Waals surface area contributed by atoms with E-state index in [1.807, 2.05) is 44.2 Å². The van der Waals surface area contributed by atoms with Crippen LogP contribution in [-0.2, 0) is 4.79 Å². The average Bonchev–Trinajstić information content (AvgIpc) is 2.42. The van der Waals surface area contributed by atoms with Gasteiger partial charge in [-0.3, -0.25) is 9.69 Å². The maximum absolute atomic E-state index is 12.5. The summed E-state index contributed by atoms with van der Waals surface area (Å²) in [5, 5.41) is 6.38. The zero-order valence-electron chi connectivity index (χ0n) is 12.6. The molecule has 4 nitrogen and oxygen atoms in total. The number of nitrogens with zero attached hydrogens (tertiary/aromatic N) is 1. The van der Waals surface area contributed by atoms with Gasteiger partial charge in [0, 0.05) is 37.9 Å². The number of rotatable bonds is 4. The highest BCUT2D eigenvalue weighted by atomic mass is 16.2. The smallest absolute Gasteiger partial charge is 0.231 e. The molecule has 0 aromatic heterocycles. The molecule has 1 fully saturated rings. The first-order valence-electron chi connectivity index (χ1n) is 7.30. The van der Waals surface area contributed by atoms with Crippen LogP contribution < -0.4 is 10.6 Å². The van der Waals surface area contributed by atoms with Gasteiger partial charge in [0.15, 0.2) is 0 Å². The van der Waals surface area contributed by atoms with Crippen LogP contribution in [0.2, 0.25) is 0 Å². The van der Waals surface area contributed by atoms with Crippen molar-refractivity contribution in [3.63, 3.8) is 0 Å². The van der Waals surface area contributed by atoms with Crippen LogP contribution in [0.5, 0.6) is 0 Å². The summed E-state index contributed by atoms with van der Waals surface area (Å²) in [6, 6.07) is 10.1. The molecule has 0 aliphatic carbocycles. The lowest BCUT2D eigenvalue weighted by Crippen LogP contribution is -2.54. The van der Waals surface area contributed by atoms with Crippen molar-refractivity contribution >= 4 is 11.6 Å². The monoisotopic (exact) mass is 275 g/mol. The first-order valence-corrected chi connectivity index (χ1v) is 7.30. The molecule has 0 bridgehead atoms. The third kappa shape index (κ3) is 3.81. The molecular weight excluding hydrogens is 250 g/mol. The molecule has 0 saturated carbocycles. The molecule has 1 aromatic rings. The van der Waals surface area contributed by atoms with E-state index in [0.717, 1.165) is 31.9 Å². The highest BCUT2D eigenvalue weighted by Crippen LogP contribution is 2.22. The highest BCUT2D eigenvalue weighted by Gasteiger charge is 2.32. The first kappa shape index (κ1) is 15.0. The van der Waals surface area contributed by atoms with Crippen molar-refractivity contribution in [2.45, 2.75) is 26.8 Å². The Labute approximate surface area is 121 Å². The molecule has 0 spiro atoms. The van der Waals surface area contributed by atoms with Gasteiger partial charge < -0.3 is 10.6 Å². The first-order chi connectivity index (χ1) is 9.49.